The zero-order valence-electron chi connectivity index (χ0n) is 6.28. The van der Waals surface area contributed by atoms with Crippen molar-refractivity contribution < 1.29 is 4.92 Å². The molecular formula is C7H6INO2S. The molecule has 0 aliphatic heterocycles. The fourth-order valence-electron chi connectivity index (χ4n) is 0.771. The molecule has 5 heteroatoms. The van der Waals surface area contributed by atoms with Gasteiger partial charge in [0.25, 0.3) is 5.69 Å². The number of halogens is 1. The van der Waals surface area contributed by atoms with Crippen molar-refractivity contribution in [2.75, 3.05) is 6.26 Å². The van der Waals surface area contributed by atoms with Crippen LogP contribution in [0.3, 0.4) is 0 Å². The number of nitro benzene ring substituents is 1. The average Bonchev–Trinajstić information content (AvgIpc) is 2.03. The van der Waals surface area contributed by atoms with Crippen molar-refractivity contribution in [2.24, 2.45) is 0 Å². The maximum absolute atomic E-state index is 10.4. The Hall–Kier alpha value is -0.300. The number of nitro groups is 1. The number of thioether (sulfide) groups is 1. The molecule has 1 aromatic rings. The molecule has 0 unspecified atom stereocenters. The molecule has 0 saturated carbocycles. The van der Waals surface area contributed by atoms with Crippen molar-refractivity contribution in [3.8, 4) is 0 Å². The first-order valence-corrected chi connectivity index (χ1v) is 5.43. The van der Waals surface area contributed by atoms with Gasteiger partial charge in [0.2, 0.25) is 0 Å². The number of non-ortho nitro benzene ring substituents is 1. The quantitative estimate of drug-likeness (QED) is 0.365. The van der Waals surface area contributed by atoms with Crippen molar-refractivity contribution in [2.45, 2.75) is 4.90 Å². The van der Waals surface area contributed by atoms with Gasteiger partial charge in [-0.3, -0.25) is 10.1 Å². The van der Waals surface area contributed by atoms with Crippen molar-refractivity contribution in [1.29, 1.82) is 0 Å². The summed E-state index contributed by atoms with van der Waals surface area (Å²) in [6, 6.07) is 5.05. The van der Waals surface area contributed by atoms with Crippen molar-refractivity contribution in [3.05, 3.63) is 31.9 Å². The summed E-state index contributed by atoms with van der Waals surface area (Å²) in [6.45, 7) is 0. The number of nitrogens with zero attached hydrogens (tertiary/aromatic N) is 1. The Kier molecular flexibility index (Phi) is 3.33. The van der Waals surface area contributed by atoms with E-state index in [0.717, 1.165) is 8.47 Å². The third-order valence-corrected chi connectivity index (χ3v) is 2.63. The minimum Gasteiger partial charge on any atom is -0.258 e. The van der Waals surface area contributed by atoms with Crippen LogP contribution in [0.5, 0.6) is 0 Å². The van der Waals surface area contributed by atoms with Crippen LogP contribution in [0.2, 0.25) is 0 Å². The smallest absolute Gasteiger partial charge is 0.258 e. The first kappa shape index (κ1) is 9.79. The minimum absolute atomic E-state index is 0.159. The summed E-state index contributed by atoms with van der Waals surface area (Å²) in [4.78, 5) is 11.0. The van der Waals surface area contributed by atoms with Crippen molar-refractivity contribution >= 4 is 40.0 Å². The van der Waals surface area contributed by atoms with Crippen LogP contribution in [0, 0.1) is 13.7 Å². The molecule has 64 valence electrons. The zero-order valence-corrected chi connectivity index (χ0v) is 9.26. The third kappa shape index (κ3) is 2.34. The highest BCUT2D eigenvalue weighted by molar-refractivity contribution is 14.1. The van der Waals surface area contributed by atoms with E-state index in [1.807, 2.05) is 12.3 Å². The van der Waals surface area contributed by atoms with Gasteiger partial charge in [-0.15, -0.1) is 11.8 Å². The van der Waals surface area contributed by atoms with Crippen molar-refractivity contribution in [3.63, 3.8) is 0 Å². The van der Waals surface area contributed by atoms with Crippen LogP contribution in [-0.4, -0.2) is 11.2 Å². The monoisotopic (exact) mass is 295 g/mol. The van der Waals surface area contributed by atoms with E-state index in [0.29, 0.717) is 0 Å². The van der Waals surface area contributed by atoms with Crippen LogP contribution >= 0.6 is 34.4 Å². The lowest BCUT2D eigenvalue weighted by Crippen LogP contribution is -1.88. The molecule has 0 amide bonds. The summed E-state index contributed by atoms with van der Waals surface area (Å²) in [5.41, 5.74) is 0.159. The van der Waals surface area contributed by atoms with Gasteiger partial charge in [-0.1, -0.05) is 0 Å². The number of hydrogen-bond acceptors (Lipinski definition) is 3. The van der Waals surface area contributed by atoms with Gasteiger partial charge < -0.3 is 0 Å². The molecule has 3 nitrogen and oxygen atoms in total. The van der Waals surface area contributed by atoms with E-state index in [9.17, 15) is 10.1 Å². The largest absolute Gasteiger partial charge is 0.271 e. The predicted molar refractivity (Wildman–Crippen MR) is 57.6 cm³/mol. The lowest BCUT2D eigenvalue weighted by molar-refractivity contribution is -0.385. The highest BCUT2D eigenvalue weighted by Crippen LogP contribution is 2.24. The second-order valence-electron chi connectivity index (χ2n) is 2.11. The van der Waals surface area contributed by atoms with Gasteiger partial charge in [0.1, 0.15) is 0 Å². The first-order valence-electron chi connectivity index (χ1n) is 3.12. The lowest BCUT2D eigenvalue weighted by atomic mass is 10.3. The van der Waals surface area contributed by atoms with E-state index in [2.05, 4.69) is 22.6 Å². The highest BCUT2D eigenvalue weighted by Gasteiger charge is 2.07. The molecule has 0 bridgehead atoms. The Morgan fingerprint density at radius 1 is 1.50 bits per heavy atom. The fourth-order valence-corrected chi connectivity index (χ4v) is 2.12. The summed E-state index contributed by atoms with van der Waals surface area (Å²) >= 11 is 3.58. The number of rotatable bonds is 2. The molecule has 0 aliphatic carbocycles. The van der Waals surface area contributed by atoms with Gasteiger partial charge in [-0.25, -0.2) is 0 Å². The minimum atomic E-state index is -0.373. The van der Waals surface area contributed by atoms with Crippen LogP contribution in [0.15, 0.2) is 23.1 Å². The Morgan fingerprint density at radius 3 is 2.67 bits per heavy atom. The van der Waals surface area contributed by atoms with E-state index < -0.39 is 0 Å². The second-order valence-corrected chi connectivity index (χ2v) is 4.23. The molecule has 0 heterocycles. The average molecular weight is 295 g/mol. The normalized spacial score (nSPS) is 9.83. The molecule has 1 rings (SSSR count). The topological polar surface area (TPSA) is 43.1 Å². The molecule has 12 heavy (non-hydrogen) atoms. The summed E-state index contributed by atoms with van der Waals surface area (Å²) < 4.78 is 0.895. The molecule has 1 aromatic carbocycles. The Morgan fingerprint density at radius 2 is 2.17 bits per heavy atom. The van der Waals surface area contributed by atoms with Gasteiger partial charge in [-0.05, 0) is 34.9 Å². The van der Waals surface area contributed by atoms with Gasteiger partial charge >= 0.3 is 0 Å². The summed E-state index contributed by atoms with van der Waals surface area (Å²) in [7, 11) is 0. The van der Waals surface area contributed by atoms with Gasteiger partial charge in [-0.2, -0.15) is 0 Å². The molecule has 0 N–H and O–H groups in total. The van der Waals surface area contributed by atoms with Gasteiger partial charge in [0.05, 0.1) is 4.92 Å². The second kappa shape index (κ2) is 4.08. The third-order valence-electron chi connectivity index (χ3n) is 1.30. The SMILES string of the molecule is CSc1cc(I)cc([N+](=O)[O-])c1. The van der Waals surface area contributed by atoms with Crippen LogP contribution < -0.4 is 0 Å². The van der Waals surface area contributed by atoms with E-state index in [-0.39, 0.29) is 10.6 Å². The molecule has 0 atom stereocenters. The molecule has 0 radical (unpaired) electrons. The maximum Gasteiger partial charge on any atom is 0.271 e. The molecule has 0 spiro atoms. The van der Waals surface area contributed by atoms with Crippen LogP contribution in [-0.2, 0) is 0 Å². The van der Waals surface area contributed by atoms with Crippen LogP contribution in [0.4, 0.5) is 5.69 Å². The number of hydrogen-bond donors (Lipinski definition) is 0. The Labute approximate surface area is 87.8 Å². The fraction of sp³-hybridized carbons (Fsp3) is 0.143. The van der Waals surface area contributed by atoms with E-state index in [4.69, 9.17) is 0 Å². The maximum atomic E-state index is 10.4. The van der Waals surface area contributed by atoms with Gasteiger partial charge in [0, 0.05) is 20.6 Å². The molecule has 0 aromatic heterocycles. The standard InChI is InChI=1S/C7H6INO2S/c1-12-7-3-5(8)2-6(4-7)9(10)11/h2-4H,1H3. The molecule has 0 aliphatic rings. The first-order chi connectivity index (χ1) is 5.63. The molecular weight excluding hydrogens is 289 g/mol. The van der Waals surface area contributed by atoms with E-state index >= 15 is 0 Å². The van der Waals surface area contributed by atoms with Crippen LogP contribution in [0.25, 0.3) is 0 Å². The van der Waals surface area contributed by atoms with E-state index in [1.54, 1.807) is 12.1 Å². The van der Waals surface area contributed by atoms with Crippen molar-refractivity contribution in [1.82, 2.24) is 0 Å². The summed E-state index contributed by atoms with van der Waals surface area (Å²) in [5, 5.41) is 10.4. The summed E-state index contributed by atoms with van der Waals surface area (Å²) in [5.74, 6) is 0. The lowest BCUT2D eigenvalue weighted by Gasteiger charge is -1.97. The Balaban J connectivity index is 3.15. The summed E-state index contributed by atoms with van der Waals surface area (Å²) in [6.07, 6.45) is 1.90. The Bertz CT molecular complexity index is 316. The van der Waals surface area contributed by atoms with Crippen LogP contribution in [0.1, 0.15) is 0 Å². The number of benzene rings is 1. The predicted octanol–water partition coefficient (Wildman–Crippen LogP) is 2.92. The molecule has 0 saturated heterocycles. The van der Waals surface area contributed by atoms with E-state index in [1.165, 1.54) is 11.8 Å². The molecule has 0 fully saturated rings. The highest BCUT2D eigenvalue weighted by atomic mass is 127. The zero-order chi connectivity index (χ0) is 9.14. The van der Waals surface area contributed by atoms with Gasteiger partial charge in [0.15, 0.2) is 0 Å².